The molecule has 1 atom stereocenters. The quantitative estimate of drug-likeness (QED) is 0.861. The Balaban J connectivity index is 2.16. The van der Waals surface area contributed by atoms with Gasteiger partial charge in [-0.05, 0) is 59.6 Å². The zero-order valence-corrected chi connectivity index (χ0v) is 12.6. The number of benzene rings is 1. The van der Waals surface area contributed by atoms with Gasteiger partial charge in [0.2, 0.25) is 0 Å². The molecule has 1 heterocycles. The summed E-state index contributed by atoms with van der Waals surface area (Å²) >= 11 is 9.43. The van der Waals surface area contributed by atoms with Crippen LogP contribution in [0.5, 0.6) is 0 Å². The fourth-order valence-corrected chi connectivity index (χ4v) is 2.13. The van der Waals surface area contributed by atoms with Crippen LogP contribution in [0.2, 0.25) is 5.02 Å². The molecule has 4 heteroatoms. The average Bonchev–Trinajstić information content (AvgIpc) is 2.34. The molecule has 0 aliphatic rings. The summed E-state index contributed by atoms with van der Waals surface area (Å²) in [5.41, 5.74) is 2.11. The molecule has 0 aliphatic carbocycles. The minimum absolute atomic E-state index is 0.164. The maximum atomic E-state index is 5.99. The first-order valence-corrected chi connectivity index (χ1v) is 6.88. The van der Waals surface area contributed by atoms with Crippen LogP contribution in [-0.2, 0) is 0 Å². The van der Waals surface area contributed by atoms with E-state index in [0.29, 0.717) is 0 Å². The number of aromatic nitrogens is 1. The van der Waals surface area contributed by atoms with Gasteiger partial charge in [-0.15, -0.1) is 0 Å². The molecule has 0 saturated carbocycles. The molecule has 18 heavy (non-hydrogen) atoms. The Kier molecular flexibility index (Phi) is 4.25. The first kappa shape index (κ1) is 13.4. The minimum atomic E-state index is 0.164. The minimum Gasteiger partial charge on any atom is -0.364 e. The average molecular weight is 326 g/mol. The molecule has 0 amide bonds. The van der Waals surface area contributed by atoms with Gasteiger partial charge in [0.15, 0.2) is 0 Å². The zero-order valence-electron chi connectivity index (χ0n) is 10.2. The van der Waals surface area contributed by atoms with Crippen molar-refractivity contribution in [1.29, 1.82) is 0 Å². The Morgan fingerprint density at radius 1 is 1.28 bits per heavy atom. The van der Waals surface area contributed by atoms with Crippen LogP contribution in [0.1, 0.15) is 24.2 Å². The number of pyridine rings is 1. The summed E-state index contributed by atoms with van der Waals surface area (Å²) in [5, 5.41) is 4.11. The van der Waals surface area contributed by atoms with E-state index in [2.05, 4.69) is 39.2 Å². The molecule has 94 valence electrons. The van der Waals surface area contributed by atoms with Crippen LogP contribution >= 0.6 is 27.5 Å². The second kappa shape index (κ2) is 5.72. The molecule has 2 aromatic rings. The molecule has 2 rings (SSSR count). The molecule has 1 aromatic carbocycles. The van der Waals surface area contributed by atoms with E-state index >= 15 is 0 Å². The van der Waals surface area contributed by atoms with Crippen LogP contribution in [0.4, 0.5) is 5.82 Å². The van der Waals surface area contributed by atoms with Gasteiger partial charge in [-0.1, -0.05) is 23.7 Å². The normalized spacial score (nSPS) is 12.2. The summed E-state index contributed by atoms with van der Waals surface area (Å²) < 4.78 is 1.02. The van der Waals surface area contributed by atoms with Crippen molar-refractivity contribution in [1.82, 2.24) is 4.98 Å². The SMILES string of the molecule is Cc1nc(NC(C)c2cccc(Cl)c2)ccc1Br. The molecule has 0 saturated heterocycles. The lowest BCUT2D eigenvalue weighted by Crippen LogP contribution is -2.08. The van der Waals surface area contributed by atoms with Gasteiger partial charge in [0.25, 0.3) is 0 Å². The molecule has 2 nitrogen and oxygen atoms in total. The lowest BCUT2D eigenvalue weighted by atomic mass is 10.1. The topological polar surface area (TPSA) is 24.9 Å². The van der Waals surface area contributed by atoms with Crippen molar-refractivity contribution in [3.05, 3.63) is 57.2 Å². The molecule has 0 bridgehead atoms. The van der Waals surface area contributed by atoms with Crippen molar-refractivity contribution in [3.8, 4) is 0 Å². The number of aryl methyl sites for hydroxylation is 1. The van der Waals surface area contributed by atoms with Crippen molar-refractivity contribution < 1.29 is 0 Å². The van der Waals surface area contributed by atoms with Crippen molar-refractivity contribution in [2.75, 3.05) is 5.32 Å². The van der Waals surface area contributed by atoms with Gasteiger partial charge in [-0.3, -0.25) is 0 Å². The molecule has 1 unspecified atom stereocenters. The third-order valence-electron chi connectivity index (χ3n) is 2.73. The monoisotopic (exact) mass is 324 g/mol. The van der Waals surface area contributed by atoms with E-state index in [1.165, 1.54) is 0 Å². The van der Waals surface area contributed by atoms with E-state index in [9.17, 15) is 0 Å². The Morgan fingerprint density at radius 3 is 2.72 bits per heavy atom. The van der Waals surface area contributed by atoms with Gasteiger partial charge in [0, 0.05) is 15.5 Å². The van der Waals surface area contributed by atoms with Crippen molar-refractivity contribution in [2.24, 2.45) is 0 Å². The highest BCUT2D eigenvalue weighted by Gasteiger charge is 2.07. The van der Waals surface area contributed by atoms with E-state index in [-0.39, 0.29) is 6.04 Å². The molecule has 0 fully saturated rings. The van der Waals surface area contributed by atoms with Crippen LogP contribution in [0, 0.1) is 6.92 Å². The predicted molar refractivity (Wildman–Crippen MR) is 80.2 cm³/mol. The van der Waals surface area contributed by atoms with E-state index in [0.717, 1.165) is 26.6 Å². The number of rotatable bonds is 3. The molecule has 0 spiro atoms. The van der Waals surface area contributed by atoms with Crippen molar-refractivity contribution in [2.45, 2.75) is 19.9 Å². The largest absolute Gasteiger partial charge is 0.364 e. The Morgan fingerprint density at radius 2 is 2.06 bits per heavy atom. The van der Waals surface area contributed by atoms with Crippen LogP contribution in [-0.4, -0.2) is 4.98 Å². The second-order valence-corrected chi connectivity index (χ2v) is 5.48. The van der Waals surface area contributed by atoms with Gasteiger partial charge in [0.05, 0.1) is 5.69 Å². The van der Waals surface area contributed by atoms with Crippen molar-refractivity contribution >= 4 is 33.3 Å². The van der Waals surface area contributed by atoms with Crippen molar-refractivity contribution in [3.63, 3.8) is 0 Å². The molecule has 0 aliphatic heterocycles. The highest BCUT2D eigenvalue weighted by molar-refractivity contribution is 9.10. The Bertz CT molecular complexity index is 557. The van der Waals surface area contributed by atoms with Gasteiger partial charge in [0.1, 0.15) is 5.82 Å². The van der Waals surface area contributed by atoms with E-state index < -0.39 is 0 Å². The van der Waals surface area contributed by atoms with Gasteiger partial charge < -0.3 is 5.32 Å². The summed E-state index contributed by atoms with van der Waals surface area (Å²) in [6.45, 7) is 4.06. The molecule has 0 radical (unpaired) electrons. The zero-order chi connectivity index (χ0) is 13.1. The summed E-state index contributed by atoms with van der Waals surface area (Å²) in [7, 11) is 0. The highest BCUT2D eigenvalue weighted by atomic mass is 79.9. The van der Waals surface area contributed by atoms with Crippen LogP contribution in [0.3, 0.4) is 0 Å². The van der Waals surface area contributed by atoms with Gasteiger partial charge in [-0.2, -0.15) is 0 Å². The van der Waals surface area contributed by atoms with Gasteiger partial charge in [-0.25, -0.2) is 4.98 Å². The Hall–Kier alpha value is -1.06. The summed E-state index contributed by atoms with van der Waals surface area (Å²) in [4.78, 5) is 4.47. The first-order valence-electron chi connectivity index (χ1n) is 5.71. The lowest BCUT2D eigenvalue weighted by molar-refractivity contribution is 0.872. The van der Waals surface area contributed by atoms with Crippen LogP contribution < -0.4 is 5.32 Å². The summed E-state index contributed by atoms with van der Waals surface area (Å²) in [6.07, 6.45) is 0. The third-order valence-corrected chi connectivity index (χ3v) is 3.81. The summed E-state index contributed by atoms with van der Waals surface area (Å²) in [5.74, 6) is 0.864. The standard InChI is InChI=1S/C14H14BrClN2/c1-9(11-4-3-5-12(16)8-11)17-14-7-6-13(15)10(2)18-14/h3-9H,1-2H3,(H,17,18). The number of hydrogen-bond acceptors (Lipinski definition) is 2. The highest BCUT2D eigenvalue weighted by Crippen LogP contribution is 2.22. The van der Waals surface area contributed by atoms with E-state index in [1.807, 2.05) is 37.3 Å². The summed E-state index contributed by atoms with van der Waals surface area (Å²) in [6, 6.07) is 12.0. The van der Waals surface area contributed by atoms with Gasteiger partial charge >= 0.3 is 0 Å². The number of hydrogen-bond donors (Lipinski definition) is 1. The molecular weight excluding hydrogens is 312 g/mol. The fraction of sp³-hybridized carbons (Fsp3) is 0.214. The predicted octanol–water partition coefficient (Wildman–Crippen LogP) is 4.98. The van der Waals surface area contributed by atoms with E-state index in [4.69, 9.17) is 11.6 Å². The smallest absolute Gasteiger partial charge is 0.126 e. The maximum Gasteiger partial charge on any atom is 0.126 e. The second-order valence-electron chi connectivity index (χ2n) is 4.18. The number of anilines is 1. The van der Waals surface area contributed by atoms with E-state index in [1.54, 1.807) is 0 Å². The lowest BCUT2D eigenvalue weighted by Gasteiger charge is -2.15. The van der Waals surface area contributed by atoms with Crippen LogP contribution in [0.25, 0.3) is 0 Å². The number of nitrogens with one attached hydrogen (secondary N) is 1. The Labute approximate surface area is 121 Å². The first-order chi connectivity index (χ1) is 8.56. The third kappa shape index (κ3) is 3.24. The number of halogens is 2. The molecular formula is C14H14BrClN2. The maximum absolute atomic E-state index is 5.99. The number of nitrogens with zero attached hydrogens (tertiary/aromatic N) is 1. The molecule has 1 aromatic heterocycles. The van der Waals surface area contributed by atoms with Crippen LogP contribution in [0.15, 0.2) is 40.9 Å². The molecule has 1 N–H and O–H groups in total. The fourth-order valence-electron chi connectivity index (χ4n) is 1.71.